The third-order valence-electron chi connectivity index (χ3n) is 11.5. The highest BCUT2D eigenvalue weighted by atomic mass is 35.5. The lowest BCUT2D eigenvalue weighted by Gasteiger charge is -2.41. The van der Waals surface area contributed by atoms with Gasteiger partial charge in [0.05, 0.1) is 18.2 Å². The molecule has 0 aliphatic rings. The molecular weight excluding hydrogens is 1020 g/mol. The van der Waals surface area contributed by atoms with E-state index in [2.05, 4.69) is 14.7 Å². The Morgan fingerprint density at radius 2 is 1.06 bits per heavy atom. The lowest BCUT2D eigenvalue weighted by molar-refractivity contribution is -0.274. The smallest absolute Gasteiger partial charge is 0.433 e. The van der Waals surface area contributed by atoms with E-state index in [4.69, 9.17) is 60.6 Å². The van der Waals surface area contributed by atoms with Gasteiger partial charge in [0.2, 0.25) is 17.4 Å². The Balaban J connectivity index is 1.32. The van der Waals surface area contributed by atoms with E-state index in [-0.39, 0.29) is 60.3 Å². The highest BCUT2D eigenvalue weighted by Crippen LogP contribution is 2.54. The Morgan fingerprint density at radius 3 is 1.46 bits per heavy atom. The van der Waals surface area contributed by atoms with Gasteiger partial charge in [-0.2, -0.15) is 26.3 Å². The van der Waals surface area contributed by atoms with Gasteiger partial charge < -0.3 is 33.2 Å². The van der Waals surface area contributed by atoms with E-state index < -0.39 is 86.0 Å². The number of carbonyl (C=O) groups is 2. The Hall–Kier alpha value is -6.12. The molecule has 70 heavy (non-hydrogen) atoms. The summed E-state index contributed by atoms with van der Waals surface area (Å²) in [6.45, 7) is 4.77. The minimum absolute atomic E-state index is 0.0127. The summed E-state index contributed by atoms with van der Waals surface area (Å²) >= 11 is 25.8. The largest absolute Gasteiger partial charge is 0.465 e. The van der Waals surface area contributed by atoms with Gasteiger partial charge in [0.1, 0.15) is 21.5 Å². The first-order valence-electron chi connectivity index (χ1n) is 20.3. The van der Waals surface area contributed by atoms with Crippen molar-refractivity contribution in [2.45, 2.75) is 63.1 Å². The molecule has 0 amide bonds. The van der Waals surface area contributed by atoms with Crippen LogP contribution in [0.15, 0.2) is 95.0 Å². The van der Waals surface area contributed by atoms with Crippen LogP contribution in [0.2, 0.25) is 20.1 Å². The molecule has 0 fully saturated rings. The normalized spacial score (nSPS) is 14.5. The van der Waals surface area contributed by atoms with Crippen LogP contribution in [0.1, 0.15) is 79.8 Å². The molecule has 4 heterocycles. The predicted molar refractivity (Wildman–Crippen MR) is 246 cm³/mol. The van der Waals surface area contributed by atoms with Crippen LogP contribution < -0.4 is 20.6 Å². The maximum atomic E-state index is 16.0. The number of benzene rings is 2. The van der Waals surface area contributed by atoms with Crippen LogP contribution in [-0.2, 0) is 34.8 Å². The van der Waals surface area contributed by atoms with Gasteiger partial charge in [0, 0.05) is 83.0 Å². The third kappa shape index (κ3) is 10.1. The minimum atomic E-state index is -5.43. The van der Waals surface area contributed by atoms with Crippen molar-refractivity contribution in [1.29, 1.82) is 0 Å². The summed E-state index contributed by atoms with van der Waals surface area (Å²) in [7, 11) is 3.61. The van der Waals surface area contributed by atoms with Crippen molar-refractivity contribution in [1.82, 2.24) is 19.1 Å². The first-order chi connectivity index (χ1) is 32.5. The van der Waals surface area contributed by atoms with Gasteiger partial charge in [0.15, 0.2) is 5.60 Å². The molecule has 0 bridgehead atoms. The zero-order valence-electron chi connectivity index (χ0n) is 37.5. The average molecular weight is 1060 g/mol. The molecule has 13 nitrogen and oxygen atoms in total. The molecule has 4 atom stereocenters. The average Bonchev–Trinajstić information content (AvgIpc) is 3.28. The van der Waals surface area contributed by atoms with Crippen LogP contribution >= 0.6 is 46.4 Å². The maximum Gasteiger partial charge on any atom is 0.433 e. The third-order valence-corrected chi connectivity index (χ3v) is 12.7. The standard InChI is InChI=1S/C47H38Cl4F6N4O9/c1-22-12-28(20-60(5)40(22)62)44(66,46(52,53)54)24(3)32-10-8-30(16-34(32)48)68-39-37(51)15-27(19-59-39)43(65)70-45(47(55,56)57,29-13-23(2)41(63)61(6)21-29)25(4)33-11-9-31(17-35(33)49)69-38-36(50)14-26(18-58-38)42(64)67-7/h8-21,24-25,66H,1-7H3. The molecule has 6 aromatic rings. The summed E-state index contributed by atoms with van der Waals surface area (Å²) in [5, 5.41) is 10.2. The molecule has 0 saturated heterocycles. The number of aryl methyl sites for hydroxylation is 4. The van der Waals surface area contributed by atoms with Crippen molar-refractivity contribution in [2.75, 3.05) is 7.11 Å². The fourth-order valence-electron chi connectivity index (χ4n) is 7.75. The maximum absolute atomic E-state index is 16.0. The van der Waals surface area contributed by atoms with Crippen molar-refractivity contribution in [3.8, 4) is 23.3 Å². The van der Waals surface area contributed by atoms with E-state index in [1.54, 1.807) is 0 Å². The number of aromatic nitrogens is 4. The lowest BCUT2D eigenvalue weighted by atomic mass is 9.77. The zero-order chi connectivity index (χ0) is 52.0. The minimum Gasteiger partial charge on any atom is -0.465 e. The van der Waals surface area contributed by atoms with Gasteiger partial charge in [-0.15, -0.1) is 0 Å². The number of esters is 2. The number of nitrogens with zero attached hydrogens (tertiary/aromatic N) is 4. The number of alkyl halides is 6. The second-order valence-corrected chi connectivity index (χ2v) is 17.7. The Morgan fingerprint density at radius 1 is 0.629 bits per heavy atom. The zero-order valence-corrected chi connectivity index (χ0v) is 40.5. The first kappa shape index (κ1) is 53.2. The molecule has 2 aromatic carbocycles. The van der Waals surface area contributed by atoms with E-state index >= 15 is 13.2 Å². The summed E-state index contributed by atoms with van der Waals surface area (Å²) < 4.78 is 116. The van der Waals surface area contributed by atoms with E-state index in [0.29, 0.717) is 0 Å². The molecule has 0 radical (unpaired) electrons. The van der Waals surface area contributed by atoms with Crippen LogP contribution in [0.25, 0.3) is 0 Å². The quantitative estimate of drug-likeness (QED) is 0.0866. The summed E-state index contributed by atoms with van der Waals surface area (Å²) in [5.41, 5.74) is -10.7. The molecule has 6 rings (SSSR count). The van der Waals surface area contributed by atoms with Crippen molar-refractivity contribution in [3.63, 3.8) is 0 Å². The Kier molecular flexibility index (Phi) is 15.2. The summed E-state index contributed by atoms with van der Waals surface area (Å²) in [6, 6.07) is 11.1. The second kappa shape index (κ2) is 19.9. The molecule has 4 aromatic heterocycles. The molecule has 0 aliphatic heterocycles. The fraction of sp³-hybridized carbons (Fsp3) is 0.277. The molecule has 0 saturated carbocycles. The number of rotatable bonds is 13. The van der Waals surface area contributed by atoms with Crippen molar-refractivity contribution < 1.29 is 60.0 Å². The van der Waals surface area contributed by atoms with Gasteiger partial charge in [-0.1, -0.05) is 72.4 Å². The van der Waals surface area contributed by atoms with E-state index in [9.17, 15) is 37.5 Å². The van der Waals surface area contributed by atoms with E-state index in [1.165, 1.54) is 52.2 Å². The number of pyridine rings is 4. The Bertz CT molecular complexity index is 3110. The highest BCUT2D eigenvalue weighted by Gasteiger charge is 2.64. The summed E-state index contributed by atoms with van der Waals surface area (Å²) in [6.07, 6.45) is -7.00. The van der Waals surface area contributed by atoms with Crippen LogP contribution in [0, 0.1) is 13.8 Å². The second-order valence-electron chi connectivity index (χ2n) is 16.1. The molecule has 4 unspecified atom stereocenters. The van der Waals surface area contributed by atoms with Gasteiger partial charge in [-0.05, 0) is 73.5 Å². The SMILES string of the molecule is COC(=O)c1cnc(Oc2ccc(C(C)C(OC(=O)c3cnc(Oc4ccc(C(C)C(O)(c5cc(C)c(=O)n(C)c5)C(F)(F)F)c(Cl)c4)c(Cl)c3)(c3cc(C)c(=O)n(C)c3)C(F)(F)F)c(Cl)c2)c(Cl)c1. The number of aliphatic hydroxyl groups is 1. The fourth-order valence-corrected chi connectivity index (χ4v) is 8.83. The number of carbonyl (C=O) groups excluding carboxylic acids is 2. The van der Waals surface area contributed by atoms with Gasteiger partial charge >= 0.3 is 24.3 Å². The van der Waals surface area contributed by atoms with E-state index in [1.807, 2.05) is 0 Å². The molecule has 0 aliphatic carbocycles. The monoisotopic (exact) mass is 1060 g/mol. The van der Waals surface area contributed by atoms with Gasteiger partial charge in [-0.3, -0.25) is 9.59 Å². The topological polar surface area (TPSA) is 161 Å². The lowest BCUT2D eigenvalue weighted by Crippen LogP contribution is -2.51. The number of hydrogen-bond donors (Lipinski definition) is 1. The molecular formula is C47H38Cl4F6N4O9. The molecule has 23 heteroatoms. The van der Waals surface area contributed by atoms with Crippen LogP contribution in [0.3, 0.4) is 0 Å². The Labute approximate surface area is 414 Å². The number of hydrogen-bond acceptors (Lipinski definition) is 11. The van der Waals surface area contributed by atoms with Crippen LogP contribution in [-0.4, -0.2) is 55.6 Å². The predicted octanol–water partition coefficient (Wildman–Crippen LogP) is 11.4. The van der Waals surface area contributed by atoms with Crippen LogP contribution in [0.5, 0.6) is 23.3 Å². The van der Waals surface area contributed by atoms with Crippen molar-refractivity contribution in [2.24, 2.45) is 14.1 Å². The molecule has 370 valence electrons. The van der Waals surface area contributed by atoms with E-state index in [0.717, 1.165) is 91.3 Å². The number of methoxy groups -OCH3 is 1. The number of ether oxygens (including phenoxy) is 4. The van der Waals surface area contributed by atoms with Crippen LogP contribution in [0.4, 0.5) is 26.3 Å². The summed E-state index contributed by atoms with van der Waals surface area (Å²) in [4.78, 5) is 58.9. The van der Waals surface area contributed by atoms with Gasteiger partial charge in [0.25, 0.3) is 11.1 Å². The summed E-state index contributed by atoms with van der Waals surface area (Å²) in [5.74, 6) is -6.71. The molecule has 1 N–H and O–H groups in total. The highest BCUT2D eigenvalue weighted by molar-refractivity contribution is 6.33. The van der Waals surface area contributed by atoms with Crippen molar-refractivity contribution in [3.05, 3.63) is 171 Å². The van der Waals surface area contributed by atoms with Crippen molar-refractivity contribution >= 4 is 58.3 Å². The number of halogens is 10. The first-order valence-corrected chi connectivity index (χ1v) is 21.9. The van der Waals surface area contributed by atoms with Gasteiger partial charge in [-0.25, -0.2) is 19.6 Å². The molecule has 0 spiro atoms.